The zero-order valence-electron chi connectivity index (χ0n) is 18.3. The van der Waals surface area contributed by atoms with E-state index >= 15 is 0 Å². The molecule has 0 unspecified atom stereocenters. The van der Waals surface area contributed by atoms with Gasteiger partial charge in [0.15, 0.2) is 0 Å². The number of hydrogen-bond donors (Lipinski definition) is 0. The van der Waals surface area contributed by atoms with E-state index in [0.717, 1.165) is 6.07 Å². The first-order chi connectivity index (χ1) is 14.9. The van der Waals surface area contributed by atoms with Crippen LogP contribution < -0.4 is 0 Å². The number of carbonyl (C=O) groups excluding carboxylic acids is 1. The van der Waals surface area contributed by atoms with Gasteiger partial charge in [0.1, 0.15) is 5.82 Å². The number of amides is 1. The highest BCUT2D eigenvalue weighted by Crippen LogP contribution is 2.38. The Morgan fingerprint density at radius 3 is 2.50 bits per heavy atom. The molecule has 0 spiro atoms. The summed E-state index contributed by atoms with van der Waals surface area (Å²) in [5.74, 6) is 0.0336. The standard InChI is InChI=1S/C22H24F3N5O2/c1-12-17-15(22(23,24)25)8-16(28-18(17)32-29-12)13-6-5-7-30(11-13)19(31)14-9-26-20(27-10-14)21(2,3)4/h8-10,13H,5-7,11H2,1-4H3/t13-/m1/s1. The van der Waals surface area contributed by atoms with Crippen molar-refractivity contribution in [3.8, 4) is 0 Å². The van der Waals surface area contributed by atoms with Crippen molar-refractivity contribution in [2.45, 2.75) is 58.0 Å². The average molecular weight is 447 g/mol. The van der Waals surface area contributed by atoms with Gasteiger partial charge < -0.3 is 9.42 Å². The van der Waals surface area contributed by atoms with Gasteiger partial charge in [-0.3, -0.25) is 4.79 Å². The van der Waals surface area contributed by atoms with Crippen LogP contribution in [0.15, 0.2) is 23.0 Å². The molecule has 0 aliphatic carbocycles. The van der Waals surface area contributed by atoms with E-state index in [1.807, 2.05) is 20.8 Å². The molecule has 0 saturated carbocycles. The van der Waals surface area contributed by atoms with E-state index in [1.54, 1.807) is 4.90 Å². The van der Waals surface area contributed by atoms with Crippen LogP contribution in [0.25, 0.3) is 11.1 Å². The first-order valence-corrected chi connectivity index (χ1v) is 10.4. The molecule has 1 amide bonds. The molecule has 0 radical (unpaired) electrons. The lowest BCUT2D eigenvalue weighted by atomic mass is 9.92. The monoisotopic (exact) mass is 447 g/mol. The SMILES string of the molecule is Cc1noc2nc([C@@H]3CCCN(C(=O)c4cnc(C(C)(C)C)nc4)C3)cc(C(F)(F)F)c12. The summed E-state index contributed by atoms with van der Waals surface area (Å²) in [6.45, 7) is 8.15. The van der Waals surface area contributed by atoms with Crippen molar-refractivity contribution in [1.82, 2.24) is 25.0 Å². The predicted octanol–water partition coefficient (Wildman–Crippen LogP) is 4.66. The molecule has 1 aliphatic rings. The number of nitrogens with zero attached hydrogens (tertiary/aromatic N) is 5. The van der Waals surface area contributed by atoms with Crippen LogP contribution in [-0.4, -0.2) is 44.0 Å². The number of hydrogen-bond acceptors (Lipinski definition) is 6. The zero-order chi connectivity index (χ0) is 23.3. The fourth-order valence-electron chi connectivity index (χ4n) is 3.96. The summed E-state index contributed by atoms with van der Waals surface area (Å²) in [4.78, 5) is 27.5. The van der Waals surface area contributed by atoms with E-state index in [2.05, 4.69) is 20.1 Å². The number of piperidine rings is 1. The Morgan fingerprint density at radius 1 is 1.19 bits per heavy atom. The van der Waals surface area contributed by atoms with Crippen LogP contribution in [0.1, 0.15) is 72.7 Å². The smallest absolute Gasteiger partial charge is 0.338 e. The third-order valence-corrected chi connectivity index (χ3v) is 5.64. The number of carbonyl (C=O) groups is 1. The van der Waals surface area contributed by atoms with Crippen molar-refractivity contribution >= 4 is 17.0 Å². The second kappa shape index (κ2) is 7.83. The molecule has 0 N–H and O–H groups in total. The van der Waals surface area contributed by atoms with E-state index < -0.39 is 11.7 Å². The molecule has 3 aromatic heterocycles. The van der Waals surface area contributed by atoms with Crippen LogP contribution in [0.3, 0.4) is 0 Å². The highest BCUT2D eigenvalue weighted by molar-refractivity contribution is 5.93. The Morgan fingerprint density at radius 2 is 1.88 bits per heavy atom. The molecule has 1 fully saturated rings. The van der Waals surface area contributed by atoms with Gasteiger partial charge in [0.05, 0.1) is 27.9 Å². The van der Waals surface area contributed by atoms with Crippen molar-refractivity contribution in [3.63, 3.8) is 0 Å². The second-order valence-electron chi connectivity index (χ2n) is 9.18. The topological polar surface area (TPSA) is 85.0 Å². The fourth-order valence-corrected chi connectivity index (χ4v) is 3.96. The van der Waals surface area contributed by atoms with Gasteiger partial charge >= 0.3 is 6.18 Å². The molecule has 1 aliphatic heterocycles. The van der Waals surface area contributed by atoms with E-state index in [-0.39, 0.29) is 46.3 Å². The minimum absolute atomic E-state index is 0.124. The van der Waals surface area contributed by atoms with Crippen molar-refractivity contribution in [1.29, 1.82) is 0 Å². The summed E-state index contributed by atoms with van der Waals surface area (Å²) in [7, 11) is 0. The largest absolute Gasteiger partial charge is 0.417 e. The molecular formula is C22H24F3N5O2. The molecular weight excluding hydrogens is 423 g/mol. The normalized spacial score (nSPS) is 17.7. The van der Waals surface area contributed by atoms with E-state index in [9.17, 15) is 18.0 Å². The minimum Gasteiger partial charge on any atom is -0.338 e. The van der Waals surface area contributed by atoms with Crippen LogP contribution >= 0.6 is 0 Å². The maximum Gasteiger partial charge on any atom is 0.417 e. The number of aromatic nitrogens is 4. The summed E-state index contributed by atoms with van der Waals surface area (Å²) in [5.41, 5.74) is -0.447. The fraction of sp³-hybridized carbons (Fsp3) is 0.500. The van der Waals surface area contributed by atoms with Crippen molar-refractivity contribution in [2.24, 2.45) is 0 Å². The lowest BCUT2D eigenvalue weighted by Crippen LogP contribution is -2.39. The van der Waals surface area contributed by atoms with Crippen molar-refractivity contribution < 1.29 is 22.5 Å². The van der Waals surface area contributed by atoms with Gasteiger partial charge in [0, 0.05) is 36.8 Å². The van der Waals surface area contributed by atoms with Gasteiger partial charge in [-0.15, -0.1) is 0 Å². The second-order valence-corrected chi connectivity index (χ2v) is 9.18. The van der Waals surface area contributed by atoms with Gasteiger partial charge in [-0.05, 0) is 25.8 Å². The number of aryl methyl sites for hydroxylation is 1. The van der Waals surface area contributed by atoms with Crippen LogP contribution in [0.2, 0.25) is 0 Å². The summed E-state index contributed by atoms with van der Waals surface area (Å²) in [6.07, 6.45) is -0.297. The number of rotatable bonds is 2. The Balaban J connectivity index is 1.60. The van der Waals surface area contributed by atoms with Gasteiger partial charge in [-0.2, -0.15) is 13.2 Å². The number of alkyl halides is 3. The number of pyridine rings is 1. The molecule has 7 nitrogen and oxygen atoms in total. The zero-order valence-corrected chi connectivity index (χ0v) is 18.3. The molecule has 32 heavy (non-hydrogen) atoms. The van der Waals surface area contributed by atoms with Gasteiger partial charge in [0.25, 0.3) is 11.6 Å². The van der Waals surface area contributed by atoms with Crippen molar-refractivity contribution in [2.75, 3.05) is 13.1 Å². The van der Waals surface area contributed by atoms with Crippen LogP contribution in [0, 0.1) is 6.92 Å². The molecule has 3 aromatic rings. The molecule has 1 saturated heterocycles. The molecule has 0 bridgehead atoms. The molecule has 1 atom stereocenters. The molecule has 0 aromatic carbocycles. The summed E-state index contributed by atoms with van der Waals surface area (Å²) in [5, 5.41) is 3.52. The molecule has 4 heterocycles. The maximum absolute atomic E-state index is 13.7. The van der Waals surface area contributed by atoms with E-state index in [0.29, 0.717) is 30.8 Å². The van der Waals surface area contributed by atoms with Gasteiger partial charge in [-0.1, -0.05) is 25.9 Å². The maximum atomic E-state index is 13.7. The lowest BCUT2D eigenvalue weighted by Gasteiger charge is -2.32. The van der Waals surface area contributed by atoms with Crippen LogP contribution in [0.4, 0.5) is 13.2 Å². The summed E-state index contributed by atoms with van der Waals surface area (Å²) >= 11 is 0. The number of likely N-dealkylation sites (tertiary alicyclic amines) is 1. The van der Waals surface area contributed by atoms with Crippen LogP contribution in [-0.2, 0) is 11.6 Å². The lowest BCUT2D eigenvalue weighted by molar-refractivity contribution is -0.136. The summed E-state index contributed by atoms with van der Waals surface area (Å²) < 4.78 is 46.1. The first-order valence-electron chi connectivity index (χ1n) is 10.4. The highest BCUT2D eigenvalue weighted by Gasteiger charge is 2.37. The quantitative estimate of drug-likeness (QED) is 0.568. The Labute approximate surface area is 183 Å². The molecule has 170 valence electrons. The van der Waals surface area contributed by atoms with E-state index in [4.69, 9.17) is 4.52 Å². The van der Waals surface area contributed by atoms with Gasteiger partial charge in [0.2, 0.25) is 0 Å². The Bertz CT molecular complexity index is 1150. The highest BCUT2D eigenvalue weighted by atomic mass is 19.4. The number of halogens is 3. The average Bonchev–Trinajstić information content (AvgIpc) is 3.12. The minimum atomic E-state index is -4.57. The summed E-state index contributed by atoms with van der Waals surface area (Å²) in [6, 6.07) is 1.06. The van der Waals surface area contributed by atoms with Crippen molar-refractivity contribution in [3.05, 3.63) is 46.8 Å². The third-order valence-electron chi connectivity index (χ3n) is 5.64. The van der Waals surface area contributed by atoms with Crippen LogP contribution in [0.5, 0.6) is 0 Å². The molecule has 10 heteroatoms. The first kappa shape index (κ1) is 22.2. The number of fused-ring (bicyclic) bond motifs is 1. The van der Waals surface area contributed by atoms with Gasteiger partial charge in [-0.25, -0.2) is 15.0 Å². The predicted molar refractivity (Wildman–Crippen MR) is 110 cm³/mol. The molecule has 4 rings (SSSR count). The Hall–Kier alpha value is -3.04. The van der Waals surface area contributed by atoms with E-state index in [1.165, 1.54) is 19.3 Å². The Kier molecular flexibility index (Phi) is 5.42. The third kappa shape index (κ3) is 4.18.